The van der Waals surface area contributed by atoms with E-state index in [0.29, 0.717) is 16.7 Å². The van der Waals surface area contributed by atoms with Gasteiger partial charge in [0, 0.05) is 16.5 Å². The molecule has 8 heteroatoms. The molecule has 0 fully saturated rings. The number of fused-ring (bicyclic) bond motifs is 1. The highest BCUT2D eigenvalue weighted by Gasteiger charge is 2.11. The Labute approximate surface area is 164 Å². The Hall–Kier alpha value is -3.57. The third kappa shape index (κ3) is 3.61. The maximum Gasteiger partial charge on any atom is 0.313 e. The normalized spacial score (nSPS) is 10.9. The van der Waals surface area contributed by atoms with Crippen LogP contribution < -0.4 is 0 Å². The van der Waals surface area contributed by atoms with Crippen molar-refractivity contribution in [2.45, 2.75) is 12.1 Å². The topological polar surface area (TPSA) is 118 Å². The highest BCUT2D eigenvalue weighted by Crippen LogP contribution is 2.29. The van der Waals surface area contributed by atoms with E-state index in [9.17, 15) is 4.79 Å². The number of carbonyl (C=O) groups is 1. The molecule has 2 aromatic carbocycles. The van der Waals surface area contributed by atoms with Crippen LogP contribution >= 0.6 is 11.8 Å². The average molecular weight is 389 g/mol. The number of H-pyrrole nitrogens is 2. The summed E-state index contributed by atoms with van der Waals surface area (Å²) in [7, 11) is 0. The van der Waals surface area contributed by atoms with Gasteiger partial charge < -0.3 is 10.1 Å². The number of aromatic amines is 2. The highest BCUT2D eigenvalue weighted by molar-refractivity contribution is 7.99. The van der Waals surface area contributed by atoms with Gasteiger partial charge in [0.05, 0.1) is 5.75 Å². The van der Waals surface area contributed by atoms with Crippen LogP contribution in [-0.4, -0.2) is 37.0 Å². The van der Waals surface area contributed by atoms with Crippen LogP contribution in [0.1, 0.15) is 11.3 Å². The zero-order chi connectivity index (χ0) is 19.7. The molecule has 4 aromatic rings. The van der Waals surface area contributed by atoms with E-state index in [1.54, 1.807) is 0 Å². The van der Waals surface area contributed by atoms with Crippen molar-refractivity contribution in [3.63, 3.8) is 0 Å². The first-order valence-electron chi connectivity index (χ1n) is 8.44. The number of hydrogen-bond acceptors (Lipinski definition) is 5. The second-order valence-corrected chi connectivity index (χ2v) is 7.28. The standard InChI is InChI=1S/C20H15N5O2S/c1-11-4-13(12-2-3-17-14(6-12)8-16(9-21)22-17)7-15(5-11)19-23-20(25-24-19)28-10-18(26)27/h2-8,22H,10H2,1H3,(H,26,27)(H,23,24,25). The van der Waals surface area contributed by atoms with E-state index in [-0.39, 0.29) is 5.75 Å². The number of nitrogens with zero attached hydrogens (tertiary/aromatic N) is 3. The Kier molecular flexibility index (Phi) is 4.59. The van der Waals surface area contributed by atoms with Crippen LogP contribution in [0, 0.1) is 18.3 Å². The SMILES string of the molecule is Cc1cc(-c2ccc3[nH]c(C#N)cc3c2)cc(-c2nc(SCC(=O)O)n[nH]2)c1. The number of thioether (sulfide) groups is 1. The average Bonchev–Trinajstić information content (AvgIpc) is 3.31. The Morgan fingerprint density at radius 2 is 2.00 bits per heavy atom. The van der Waals surface area contributed by atoms with Gasteiger partial charge in [0.25, 0.3) is 0 Å². The first-order valence-corrected chi connectivity index (χ1v) is 9.43. The lowest BCUT2D eigenvalue weighted by Gasteiger charge is -2.07. The number of aliphatic carboxylic acids is 1. The molecule has 138 valence electrons. The Morgan fingerprint density at radius 1 is 1.18 bits per heavy atom. The quantitative estimate of drug-likeness (QED) is 0.444. The van der Waals surface area contributed by atoms with Crippen LogP contribution in [0.4, 0.5) is 0 Å². The first-order chi connectivity index (χ1) is 13.5. The van der Waals surface area contributed by atoms with Crippen molar-refractivity contribution < 1.29 is 9.90 Å². The van der Waals surface area contributed by atoms with E-state index in [0.717, 1.165) is 44.9 Å². The summed E-state index contributed by atoms with van der Waals surface area (Å²) in [6.07, 6.45) is 0. The van der Waals surface area contributed by atoms with E-state index < -0.39 is 5.97 Å². The largest absolute Gasteiger partial charge is 0.481 e. The maximum absolute atomic E-state index is 10.7. The van der Waals surface area contributed by atoms with E-state index in [2.05, 4.69) is 32.3 Å². The summed E-state index contributed by atoms with van der Waals surface area (Å²) in [5.74, 6) is -0.404. The van der Waals surface area contributed by atoms with Gasteiger partial charge in [0.2, 0.25) is 5.16 Å². The molecule has 0 aliphatic carbocycles. The number of hydrogen-bond donors (Lipinski definition) is 3. The molecule has 0 saturated carbocycles. The predicted molar refractivity (Wildman–Crippen MR) is 107 cm³/mol. The molecule has 28 heavy (non-hydrogen) atoms. The van der Waals surface area contributed by atoms with Crippen molar-refractivity contribution in [2.75, 3.05) is 5.75 Å². The summed E-state index contributed by atoms with van der Waals surface area (Å²) in [4.78, 5) is 18.2. The highest BCUT2D eigenvalue weighted by atomic mass is 32.2. The van der Waals surface area contributed by atoms with Crippen molar-refractivity contribution in [3.05, 3.63) is 53.7 Å². The van der Waals surface area contributed by atoms with E-state index in [1.165, 1.54) is 0 Å². The van der Waals surface area contributed by atoms with Crippen LogP contribution in [0.25, 0.3) is 33.4 Å². The van der Waals surface area contributed by atoms with Crippen molar-refractivity contribution in [1.29, 1.82) is 5.26 Å². The molecule has 0 radical (unpaired) electrons. The summed E-state index contributed by atoms with van der Waals surface area (Å²) in [6.45, 7) is 2.01. The molecule has 0 atom stereocenters. The number of carboxylic acid groups (broad SMARTS) is 1. The van der Waals surface area contributed by atoms with Gasteiger partial charge in [-0.3, -0.25) is 9.89 Å². The molecule has 0 amide bonds. The molecule has 7 nitrogen and oxygen atoms in total. The van der Waals surface area contributed by atoms with Crippen LogP contribution in [-0.2, 0) is 4.79 Å². The van der Waals surface area contributed by atoms with Crippen molar-refractivity contribution >= 4 is 28.6 Å². The number of aryl methyl sites for hydroxylation is 1. The van der Waals surface area contributed by atoms with Gasteiger partial charge in [-0.25, -0.2) is 4.98 Å². The van der Waals surface area contributed by atoms with Gasteiger partial charge in [0.1, 0.15) is 11.8 Å². The number of nitrogens with one attached hydrogen (secondary N) is 2. The maximum atomic E-state index is 10.7. The van der Waals surface area contributed by atoms with Gasteiger partial charge >= 0.3 is 5.97 Å². The summed E-state index contributed by atoms with van der Waals surface area (Å²) in [5.41, 5.74) is 5.44. The zero-order valence-electron chi connectivity index (χ0n) is 14.9. The number of benzene rings is 2. The summed E-state index contributed by atoms with van der Waals surface area (Å²) in [5, 5.41) is 26.2. The first kappa shape index (κ1) is 17.8. The molecule has 2 heterocycles. The Morgan fingerprint density at radius 3 is 2.79 bits per heavy atom. The van der Waals surface area contributed by atoms with Crippen LogP contribution in [0.3, 0.4) is 0 Å². The van der Waals surface area contributed by atoms with Crippen molar-refractivity contribution in [1.82, 2.24) is 20.2 Å². The monoisotopic (exact) mass is 389 g/mol. The fourth-order valence-corrected chi connectivity index (χ4v) is 3.54. The van der Waals surface area contributed by atoms with E-state index >= 15 is 0 Å². The Bertz CT molecular complexity index is 1240. The van der Waals surface area contributed by atoms with Crippen molar-refractivity contribution in [3.8, 4) is 28.6 Å². The molecular formula is C20H15N5O2S. The molecule has 0 unspecified atom stereocenters. The third-order valence-electron chi connectivity index (χ3n) is 4.21. The second kappa shape index (κ2) is 7.21. The fourth-order valence-electron chi connectivity index (χ4n) is 3.03. The van der Waals surface area contributed by atoms with Crippen LogP contribution in [0.5, 0.6) is 0 Å². The summed E-state index contributed by atoms with van der Waals surface area (Å²) < 4.78 is 0. The minimum absolute atomic E-state index is 0.0856. The molecule has 0 aliphatic heterocycles. The molecule has 4 rings (SSSR count). The van der Waals surface area contributed by atoms with Gasteiger partial charge in [-0.2, -0.15) is 5.26 Å². The zero-order valence-corrected chi connectivity index (χ0v) is 15.7. The second-order valence-electron chi connectivity index (χ2n) is 6.33. The minimum Gasteiger partial charge on any atom is -0.481 e. The number of rotatable bonds is 5. The summed E-state index contributed by atoms with van der Waals surface area (Å²) in [6, 6.07) is 16.1. The van der Waals surface area contributed by atoms with Gasteiger partial charge in [0.15, 0.2) is 5.82 Å². The van der Waals surface area contributed by atoms with Gasteiger partial charge in [-0.15, -0.1) is 5.10 Å². The Balaban J connectivity index is 1.69. The molecule has 2 aromatic heterocycles. The molecule has 0 aliphatic rings. The van der Waals surface area contributed by atoms with Gasteiger partial charge in [-0.05, 0) is 53.9 Å². The molecule has 0 spiro atoms. The fraction of sp³-hybridized carbons (Fsp3) is 0.100. The lowest BCUT2D eigenvalue weighted by atomic mass is 9.99. The smallest absolute Gasteiger partial charge is 0.313 e. The number of nitriles is 1. The molecule has 0 saturated heterocycles. The minimum atomic E-state index is -0.908. The van der Waals surface area contributed by atoms with E-state index in [1.807, 2.05) is 43.3 Å². The number of carboxylic acids is 1. The lowest BCUT2D eigenvalue weighted by molar-refractivity contribution is -0.133. The van der Waals surface area contributed by atoms with Crippen molar-refractivity contribution in [2.24, 2.45) is 0 Å². The third-order valence-corrected chi connectivity index (χ3v) is 5.05. The number of aromatic nitrogens is 4. The lowest BCUT2D eigenvalue weighted by Crippen LogP contribution is -1.97. The molecule has 3 N–H and O–H groups in total. The predicted octanol–water partition coefficient (Wildman–Crippen LogP) is 3.98. The van der Waals surface area contributed by atoms with E-state index in [4.69, 9.17) is 10.4 Å². The molecule has 0 bridgehead atoms. The molecular weight excluding hydrogens is 374 g/mol. The summed E-state index contributed by atoms with van der Waals surface area (Å²) >= 11 is 1.07. The van der Waals surface area contributed by atoms with Crippen LogP contribution in [0.2, 0.25) is 0 Å². The van der Waals surface area contributed by atoms with Crippen LogP contribution in [0.15, 0.2) is 47.6 Å². The van der Waals surface area contributed by atoms with Gasteiger partial charge in [-0.1, -0.05) is 23.9 Å².